The van der Waals surface area contributed by atoms with E-state index >= 15 is 0 Å². The molecule has 8 nitrogen and oxygen atoms in total. The summed E-state index contributed by atoms with van der Waals surface area (Å²) >= 11 is 0. The summed E-state index contributed by atoms with van der Waals surface area (Å²) in [6.07, 6.45) is 0.0740. The minimum Gasteiger partial charge on any atom is -0.342 e. The maximum atomic E-state index is 12.6. The van der Waals surface area contributed by atoms with E-state index in [0.717, 1.165) is 5.56 Å². The summed E-state index contributed by atoms with van der Waals surface area (Å²) in [4.78, 5) is 42.1. The van der Waals surface area contributed by atoms with Crippen molar-refractivity contribution in [3.63, 3.8) is 0 Å². The molecule has 3 atom stereocenters. The van der Waals surface area contributed by atoms with E-state index in [1.54, 1.807) is 6.92 Å². The number of benzene rings is 1. The van der Waals surface area contributed by atoms with Gasteiger partial charge in [-0.3, -0.25) is 14.6 Å². The lowest BCUT2D eigenvalue weighted by molar-refractivity contribution is -0.131. The topological polar surface area (TPSA) is 102 Å². The molecule has 2 aliphatic heterocycles. The van der Waals surface area contributed by atoms with E-state index < -0.39 is 5.69 Å². The molecule has 0 bridgehead atoms. The number of nitrogens with zero attached hydrogens (tertiary/aromatic N) is 3. The molecule has 26 heavy (non-hydrogen) atoms. The van der Waals surface area contributed by atoms with Crippen LogP contribution in [-0.4, -0.2) is 56.4 Å². The molecule has 0 unspecified atom stereocenters. The molecule has 0 aliphatic carbocycles. The maximum absolute atomic E-state index is 12.6. The number of likely N-dealkylation sites (tertiary alicyclic amines) is 2. The average Bonchev–Trinajstić information content (AvgIpc) is 3.29. The number of fused-ring (bicyclic) bond motifs is 1. The number of nitrogens with one attached hydrogen (secondary N) is 2. The van der Waals surface area contributed by atoms with Crippen LogP contribution in [0.5, 0.6) is 0 Å². The Labute approximate surface area is 150 Å². The van der Waals surface area contributed by atoms with E-state index in [1.807, 2.05) is 40.1 Å². The molecular formula is C18H21N5O3. The van der Waals surface area contributed by atoms with E-state index in [-0.39, 0.29) is 36.1 Å². The number of hydrogen-bond acceptors (Lipinski definition) is 4. The molecular weight excluding hydrogens is 334 g/mol. The normalized spacial score (nSPS) is 24.7. The van der Waals surface area contributed by atoms with E-state index in [9.17, 15) is 14.4 Å². The van der Waals surface area contributed by atoms with Gasteiger partial charge in [-0.1, -0.05) is 30.3 Å². The van der Waals surface area contributed by atoms with Crippen molar-refractivity contribution in [3.8, 4) is 0 Å². The van der Waals surface area contributed by atoms with E-state index in [1.165, 1.54) is 0 Å². The summed E-state index contributed by atoms with van der Waals surface area (Å²) < 4.78 is 0. The van der Waals surface area contributed by atoms with Crippen LogP contribution in [0.2, 0.25) is 0 Å². The summed E-state index contributed by atoms with van der Waals surface area (Å²) in [5, 5.41) is 6.08. The fourth-order valence-corrected chi connectivity index (χ4v) is 4.29. The fourth-order valence-electron chi connectivity index (χ4n) is 4.29. The van der Waals surface area contributed by atoms with Gasteiger partial charge in [0.05, 0.1) is 12.5 Å². The summed E-state index contributed by atoms with van der Waals surface area (Å²) in [6.45, 7) is 3.52. The van der Waals surface area contributed by atoms with Crippen LogP contribution in [0.25, 0.3) is 0 Å². The number of rotatable bonds is 3. The second-order valence-electron chi connectivity index (χ2n) is 7.05. The van der Waals surface area contributed by atoms with Gasteiger partial charge >= 0.3 is 5.69 Å². The summed E-state index contributed by atoms with van der Waals surface area (Å²) in [5.41, 5.74) is 0.702. The molecule has 2 aliphatic rings. The predicted molar refractivity (Wildman–Crippen MR) is 93.0 cm³/mol. The first-order chi connectivity index (χ1) is 12.5. The number of carbonyl (C=O) groups excluding carboxylic acids is 2. The van der Waals surface area contributed by atoms with Crippen LogP contribution in [0.1, 0.15) is 24.4 Å². The summed E-state index contributed by atoms with van der Waals surface area (Å²) in [7, 11) is 0. The Balaban J connectivity index is 1.52. The second kappa shape index (κ2) is 6.44. The molecule has 0 spiro atoms. The molecule has 2 fully saturated rings. The van der Waals surface area contributed by atoms with Crippen molar-refractivity contribution in [2.75, 3.05) is 19.6 Å². The molecule has 4 rings (SSSR count). The minimum atomic E-state index is -0.410. The van der Waals surface area contributed by atoms with Crippen molar-refractivity contribution in [2.45, 2.75) is 19.4 Å². The van der Waals surface area contributed by atoms with Crippen LogP contribution >= 0.6 is 0 Å². The van der Waals surface area contributed by atoms with Crippen molar-refractivity contribution < 1.29 is 9.59 Å². The van der Waals surface area contributed by atoms with Crippen molar-refractivity contribution in [1.82, 2.24) is 25.0 Å². The van der Waals surface area contributed by atoms with Gasteiger partial charge in [0.25, 0.3) is 0 Å². The fraction of sp³-hybridized carbons (Fsp3) is 0.444. The van der Waals surface area contributed by atoms with Gasteiger partial charge in [0.1, 0.15) is 5.82 Å². The molecule has 0 saturated carbocycles. The SMILES string of the molecule is CC(=O)N1C[C@H]2CN(C(=O)Cc3n[nH]c(=O)[nH]3)C[C@H]2[C@H]1c1ccccc1. The number of amides is 2. The van der Waals surface area contributed by atoms with E-state index in [0.29, 0.717) is 25.5 Å². The highest BCUT2D eigenvalue weighted by Gasteiger charge is 2.49. The zero-order valence-corrected chi connectivity index (χ0v) is 14.5. The summed E-state index contributed by atoms with van der Waals surface area (Å²) in [5.74, 6) is 0.861. The summed E-state index contributed by atoms with van der Waals surface area (Å²) in [6, 6.07) is 10.0. The van der Waals surface area contributed by atoms with Gasteiger partial charge in [0, 0.05) is 38.4 Å². The highest BCUT2D eigenvalue weighted by Crippen LogP contribution is 2.44. The lowest BCUT2D eigenvalue weighted by Gasteiger charge is -2.29. The third-order valence-corrected chi connectivity index (χ3v) is 5.43. The number of H-pyrrole nitrogens is 2. The Bertz CT molecular complexity index is 874. The van der Waals surface area contributed by atoms with Gasteiger partial charge in [-0.15, -0.1) is 0 Å². The van der Waals surface area contributed by atoms with Crippen LogP contribution in [0.4, 0.5) is 0 Å². The third-order valence-electron chi connectivity index (χ3n) is 5.43. The van der Waals surface area contributed by atoms with E-state index in [4.69, 9.17) is 0 Å². The smallest absolute Gasteiger partial charge is 0.340 e. The maximum Gasteiger partial charge on any atom is 0.340 e. The lowest BCUT2D eigenvalue weighted by atomic mass is 9.89. The first-order valence-corrected chi connectivity index (χ1v) is 8.76. The Morgan fingerprint density at radius 3 is 2.62 bits per heavy atom. The van der Waals surface area contributed by atoms with Crippen molar-refractivity contribution in [2.24, 2.45) is 11.8 Å². The molecule has 2 aromatic rings. The zero-order chi connectivity index (χ0) is 18.3. The van der Waals surface area contributed by atoms with Crippen LogP contribution in [0, 0.1) is 11.8 Å². The van der Waals surface area contributed by atoms with Crippen LogP contribution in [-0.2, 0) is 16.0 Å². The first-order valence-electron chi connectivity index (χ1n) is 8.76. The monoisotopic (exact) mass is 355 g/mol. The number of aromatic nitrogens is 3. The zero-order valence-electron chi connectivity index (χ0n) is 14.5. The van der Waals surface area contributed by atoms with Crippen LogP contribution < -0.4 is 5.69 Å². The van der Waals surface area contributed by atoms with Gasteiger partial charge in [-0.2, -0.15) is 5.10 Å². The number of hydrogen-bond donors (Lipinski definition) is 2. The molecule has 1 aromatic heterocycles. The quantitative estimate of drug-likeness (QED) is 0.828. The van der Waals surface area contributed by atoms with Crippen LogP contribution in [0.15, 0.2) is 35.1 Å². The Hall–Kier alpha value is -2.90. The average molecular weight is 355 g/mol. The van der Waals surface area contributed by atoms with E-state index in [2.05, 4.69) is 15.2 Å². The van der Waals surface area contributed by atoms with Crippen molar-refractivity contribution in [1.29, 1.82) is 0 Å². The largest absolute Gasteiger partial charge is 0.342 e. The Kier molecular flexibility index (Phi) is 4.10. The van der Waals surface area contributed by atoms with Crippen molar-refractivity contribution >= 4 is 11.8 Å². The lowest BCUT2D eigenvalue weighted by Crippen LogP contribution is -2.37. The molecule has 2 N–H and O–H groups in total. The Morgan fingerprint density at radius 1 is 1.19 bits per heavy atom. The molecule has 2 saturated heterocycles. The number of aromatic amines is 2. The van der Waals surface area contributed by atoms with Gasteiger partial charge in [-0.05, 0) is 5.56 Å². The third kappa shape index (κ3) is 2.91. The van der Waals surface area contributed by atoms with Gasteiger partial charge in [0.15, 0.2) is 0 Å². The van der Waals surface area contributed by atoms with Gasteiger partial charge in [-0.25, -0.2) is 9.89 Å². The molecule has 8 heteroatoms. The molecule has 0 radical (unpaired) electrons. The molecule has 2 amide bonds. The number of carbonyl (C=O) groups is 2. The predicted octanol–water partition coefficient (Wildman–Crippen LogP) is 0.319. The Morgan fingerprint density at radius 2 is 1.96 bits per heavy atom. The molecule has 136 valence electrons. The standard InChI is InChI=1S/C18H21N5O3/c1-11(24)23-9-13-8-22(16(25)7-15-19-18(26)21-20-15)10-14(13)17(23)12-5-3-2-4-6-12/h2-6,13-14,17H,7-10H2,1H3,(H2,19,20,21,26)/t13-,14-,17-/m1/s1. The second-order valence-corrected chi connectivity index (χ2v) is 7.05. The molecule has 1 aromatic carbocycles. The highest BCUT2D eigenvalue weighted by molar-refractivity contribution is 5.78. The first kappa shape index (κ1) is 16.6. The molecule has 3 heterocycles. The van der Waals surface area contributed by atoms with Crippen molar-refractivity contribution in [3.05, 3.63) is 52.2 Å². The van der Waals surface area contributed by atoms with Crippen LogP contribution in [0.3, 0.4) is 0 Å². The highest BCUT2D eigenvalue weighted by atomic mass is 16.2. The minimum absolute atomic E-state index is 0.00157. The van der Waals surface area contributed by atoms with Gasteiger partial charge < -0.3 is 9.80 Å². The van der Waals surface area contributed by atoms with Gasteiger partial charge in [0.2, 0.25) is 11.8 Å².